The molecule has 0 fully saturated rings. The number of hydrogen-bond donors (Lipinski definition) is 4. The van der Waals surface area contributed by atoms with Crippen LogP contribution in [0.3, 0.4) is 0 Å². The van der Waals surface area contributed by atoms with E-state index in [0.717, 1.165) is 4.90 Å². The second-order valence-corrected chi connectivity index (χ2v) is 13.5. The third-order valence-electron chi connectivity index (χ3n) is 8.33. The van der Waals surface area contributed by atoms with Crippen molar-refractivity contribution in [3.63, 3.8) is 0 Å². The molecule has 1 aliphatic rings. The lowest BCUT2D eigenvalue weighted by Gasteiger charge is -2.35. The van der Waals surface area contributed by atoms with Crippen LogP contribution in [0.25, 0.3) is 0 Å². The molecule has 14 nitrogen and oxygen atoms in total. The SMILES string of the molecule is CC(C(Cc1ccc(C(=O)Nc2ccccc2)o1)c1ccc2c(c1)OCO2)N(CC(=O)Nc1ccccc1)C(=O)C(O)=C(CC(=O)O)C(=O)OC(C)(C)C. The van der Waals surface area contributed by atoms with Crippen molar-refractivity contribution in [3.8, 4) is 11.5 Å². The Hall–Kier alpha value is -6.57. The molecule has 1 aliphatic heterocycles. The van der Waals surface area contributed by atoms with E-state index in [-0.39, 0.29) is 19.0 Å². The van der Waals surface area contributed by atoms with Crippen molar-refractivity contribution in [1.29, 1.82) is 0 Å². The molecule has 0 saturated heterocycles. The Morgan fingerprint density at radius 2 is 1.46 bits per heavy atom. The van der Waals surface area contributed by atoms with Gasteiger partial charge >= 0.3 is 11.9 Å². The standard InChI is InChI=1S/C40H41N3O11/c1-24(43(22-34(44)41-26-11-7-5-8-12-26)38(49)36(47)30(21-35(45)46)39(50)54-40(2,3)4)29(25-15-17-31-33(19-25)52-23-51-31)20-28-16-18-32(53-28)37(48)42-27-13-9-6-10-14-27/h5-19,24,29,47H,20-23H2,1-4H3,(H,41,44)(H,42,48)(H,45,46). The van der Waals surface area contributed by atoms with Crippen LogP contribution in [0.15, 0.2) is 107 Å². The van der Waals surface area contributed by atoms with Gasteiger partial charge in [0, 0.05) is 29.8 Å². The van der Waals surface area contributed by atoms with Gasteiger partial charge in [0.2, 0.25) is 12.7 Å². The molecule has 0 bridgehead atoms. The highest BCUT2D eigenvalue weighted by Crippen LogP contribution is 2.38. The van der Waals surface area contributed by atoms with Crippen LogP contribution in [-0.2, 0) is 30.3 Å². The summed E-state index contributed by atoms with van der Waals surface area (Å²) < 4.78 is 22.4. The molecule has 2 atom stereocenters. The van der Waals surface area contributed by atoms with Crippen LogP contribution in [0.2, 0.25) is 0 Å². The number of nitrogens with zero attached hydrogens (tertiary/aromatic N) is 1. The summed E-state index contributed by atoms with van der Waals surface area (Å²) in [6, 6.07) is 24.6. The second-order valence-electron chi connectivity index (χ2n) is 13.5. The van der Waals surface area contributed by atoms with Crippen LogP contribution in [0.4, 0.5) is 11.4 Å². The number of carboxylic acid groups (broad SMARTS) is 1. The molecule has 54 heavy (non-hydrogen) atoms. The van der Waals surface area contributed by atoms with Crippen LogP contribution < -0.4 is 20.1 Å². The number of carbonyl (C=O) groups is 5. The number of aliphatic carboxylic acids is 1. The number of carboxylic acids is 1. The minimum Gasteiger partial charge on any atom is -0.503 e. The summed E-state index contributed by atoms with van der Waals surface area (Å²) in [4.78, 5) is 66.9. The Balaban J connectivity index is 1.54. The largest absolute Gasteiger partial charge is 0.503 e. The van der Waals surface area contributed by atoms with Crippen LogP contribution in [0.5, 0.6) is 11.5 Å². The average molecular weight is 740 g/mol. The number of rotatable bonds is 14. The minimum absolute atomic E-state index is 0.00294. The predicted molar refractivity (Wildman–Crippen MR) is 196 cm³/mol. The van der Waals surface area contributed by atoms with E-state index >= 15 is 0 Å². The van der Waals surface area contributed by atoms with E-state index in [1.54, 1.807) is 107 Å². The highest BCUT2D eigenvalue weighted by atomic mass is 16.7. The van der Waals surface area contributed by atoms with E-state index in [4.69, 9.17) is 18.6 Å². The average Bonchev–Trinajstić information content (AvgIpc) is 3.81. The van der Waals surface area contributed by atoms with Crippen molar-refractivity contribution in [2.45, 2.75) is 58.1 Å². The number of nitrogens with one attached hydrogen (secondary N) is 2. The number of furan rings is 1. The molecule has 5 rings (SSSR count). The van der Waals surface area contributed by atoms with E-state index in [1.165, 1.54) is 6.07 Å². The zero-order valence-electron chi connectivity index (χ0n) is 30.2. The summed E-state index contributed by atoms with van der Waals surface area (Å²) in [5, 5.41) is 26.5. The van der Waals surface area contributed by atoms with Crippen LogP contribution in [0.1, 0.15) is 61.9 Å². The van der Waals surface area contributed by atoms with E-state index in [2.05, 4.69) is 10.6 Å². The first-order valence-corrected chi connectivity index (χ1v) is 17.1. The molecule has 0 aliphatic carbocycles. The number of benzene rings is 3. The molecular weight excluding hydrogens is 698 g/mol. The Morgan fingerprint density at radius 3 is 2.09 bits per heavy atom. The summed E-state index contributed by atoms with van der Waals surface area (Å²) in [7, 11) is 0. The fraction of sp³-hybridized carbons (Fsp3) is 0.275. The van der Waals surface area contributed by atoms with Gasteiger partial charge in [-0.05, 0) is 81.8 Å². The zero-order chi connectivity index (χ0) is 39.0. The van der Waals surface area contributed by atoms with Gasteiger partial charge < -0.3 is 44.4 Å². The normalized spacial score (nSPS) is 13.6. The van der Waals surface area contributed by atoms with Gasteiger partial charge in [0.1, 0.15) is 17.9 Å². The molecule has 0 radical (unpaired) electrons. The Labute approximate surface area is 311 Å². The number of carbonyl (C=O) groups excluding carboxylic acids is 4. The summed E-state index contributed by atoms with van der Waals surface area (Å²) in [6.45, 7) is 5.64. The summed E-state index contributed by atoms with van der Waals surface area (Å²) >= 11 is 0. The van der Waals surface area contributed by atoms with E-state index < -0.39 is 71.5 Å². The smallest absolute Gasteiger partial charge is 0.339 e. The van der Waals surface area contributed by atoms with Crippen molar-refractivity contribution in [2.75, 3.05) is 24.0 Å². The molecule has 2 unspecified atom stereocenters. The van der Waals surface area contributed by atoms with Gasteiger partial charge in [0.15, 0.2) is 23.0 Å². The maximum absolute atomic E-state index is 14.3. The molecule has 4 N–H and O–H groups in total. The monoisotopic (exact) mass is 739 g/mol. The molecule has 3 aromatic carbocycles. The van der Waals surface area contributed by atoms with Crippen LogP contribution >= 0.6 is 0 Å². The van der Waals surface area contributed by atoms with Crippen molar-refractivity contribution >= 4 is 41.0 Å². The molecule has 282 valence electrons. The van der Waals surface area contributed by atoms with E-state index in [0.29, 0.717) is 34.2 Å². The Kier molecular flexibility index (Phi) is 12.1. The van der Waals surface area contributed by atoms with Crippen molar-refractivity contribution in [2.24, 2.45) is 0 Å². The first-order chi connectivity index (χ1) is 25.7. The van der Waals surface area contributed by atoms with Gasteiger partial charge in [0.05, 0.1) is 12.0 Å². The molecule has 3 amide bonds. The number of para-hydroxylation sites is 2. The second kappa shape index (κ2) is 16.8. The summed E-state index contributed by atoms with van der Waals surface area (Å²) in [5.41, 5.74) is -0.260. The Bertz CT molecular complexity index is 2030. The Morgan fingerprint density at radius 1 is 0.833 bits per heavy atom. The number of fused-ring (bicyclic) bond motifs is 1. The fourth-order valence-corrected chi connectivity index (χ4v) is 5.75. The molecule has 0 saturated carbocycles. The molecule has 0 spiro atoms. The molecule has 2 heterocycles. The number of anilines is 2. The number of aliphatic hydroxyl groups excluding tert-OH is 1. The van der Waals surface area contributed by atoms with Gasteiger partial charge in [-0.1, -0.05) is 42.5 Å². The number of esters is 1. The van der Waals surface area contributed by atoms with Gasteiger partial charge in [-0.3, -0.25) is 19.2 Å². The van der Waals surface area contributed by atoms with Crippen LogP contribution in [0, 0.1) is 0 Å². The van der Waals surface area contributed by atoms with E-state index in [1.807, 2.05) is 6.07 Å². The molecule has 14 heteroatoms. The van der Waals surface area contributed by atoms with Gasteiger partial charge in [-0.15, -0.1) is 0 Å². The molecular formula is C40H41N3O11. The lowest BCUT2D eigenvalue weighted by molar-refractivity contribution is -0.152. The first-order valence-electron chi connectivity index (χ1n) is 17.1. The predicted octanol–water partition coefficient (Wildman–Crippen LogP) is 6.07. The highest BCUT2D eigenvalue weighted by Gasteiger charge is 2.36. The third kappa shape index (κ3) is 10.1. The lowest BCUT2D eigenvalue weighted by atomic mass is 9.87. The molecule has 1 aromatic heterocycles. The fourth-order valence-electron chi connectivity index (χ4n) is 5.75. The maximum Gasteiger partial charge on any atom is 0.339 e. The molecule has 4 aromatic rings. The zero-order valence-corrected chi connectivity index (χ0v) is 30.2. The van der Waals surface area contributed by atoms with Crippen molar-refractivity contribution < 1.29 is 52.8 Å². The minimum atomic E-state index is -1.50. The third-order valence-corrected chi connectivity index (χ3v) is 8.33. The topological polar surface area (TPSA) is 194 Å². The van der Waals surface area contributed by atoms with Gasteiger partial charge in [0.25, 0.3) is 11.8 Å². The number of aliphatic hydroxyl groups is 1. The summed E-state index contributed by atoms with van der Waals surface area (Å²) in [6.07, 6.45) is -0.960. The summed E-state index contributed by atoms with van der Waals surface area (Å²) in [5.74, 6) is -5.62. The number of ether oxygens (including phenoxy) is 3. The lowest BCUT2D eigenvalue weighted by Crippen LogP contribution is -2.47. The van der Waals surface area contributed by atoms with Gasteiger partial charge in [-0.25, -0.2) is 4.79 Å². The van der Waals surface area contributed by atoms with Gasteiger partial charge in [-0.2, -0.15) is 0 Å². The number of hydrogen-bond acceptors (Lipinski definition) is 10. The maximum atomic E-state index is 14.3. The van der Waals surface area contributed by atoms with E-state index in [9.17, 15) is 34.2 Å². The first kappa shape index (κ1) is 38.7. The quantitative estimate of drug-likeness (QED) is 0.0666. The number of amides is 3. The van der Waals surface area contributed by atoms with Crippen molar-refractivity contribution in [1.82, 2.24) is 4.90 Å². The van der Waals surface area contributed by atoms with Crippen LogP contribution in [-0.4, -0.2) is 69.8 Å². The van der Waals surface area contributed by atoms with Crippen molar-refractivity contribution in [3.05, 3.63) is 119 Å². The highest BCUT2D eigenvalue weighted by molar-refractivity contribution is 6.05.